The summed E-state index contributed by atoms with van der Waals surface area (Å²) in [5, 5.41) is 3.63. The largest absolute Gasteiger partial charge is 0.497 e. The Morgan fingerprint density at radius 3 is 2.74 bits per heavy atom. The molecule has 1 heterocycles. The molecule has 1 aliphatic carbocycles. The van der Waals surface area contributed by atoms with Gasteiger partial charge in [-0.3, -0.25) is 4.98 Å². The summed E-state index contributed by atoms with van der Waals surface area (Å²) < 4.78 is 5.29. The van der Waals surface area contributed by atoms with Crippen LogP contribution in [0.5, 0.6) is 5.75 Å². The SMILES string of the molecule is COc1cc(C)nc(CN[C@@H](C)C2CCCCC2)c1. The smallest absolute Gasteiger partial charge is 0.122 e. The number of pyridine rings is 1. The molecule has 0 unspecified atom stereocenters. The van der Waals surface area contributed by atoms with Gasteiger partial charge in [0.2, 0.25) is 0 Å². The normalized spacial score (nSPS) is 18.3. The standard InChI is InChI=1S/C16H26N2O/c1-12-9-16(19-3)10-15(18-12)11-17-13(2)14-7-5-4-6-8-14/h9-10,13-14,17H,4-8,11H2,1-3H3/t13-/m0/s1. The second kappa shape index (κ2) is 6.90. The first kappa shape index (κ1) is 14.3. The molecule has 1 fully saturated rings. The number of ether oxygens (including phenoxy) is 1. The first-order chi connectivity index (χ1) is 9.19. The van der Waals surface area contributed by atoms with E-state index in [4.69, 9.17) is 4.74 Å². The molecule has 1 aromatic rings. The van der Waals surface area contributed by atoms with Gasteiger partial charge in [-0.15, -0.1) is 0 Å². The van der Waals surface area contributed by atoms with Crippen molar-refractivity contribution in [2.75, 3.05) is 7.11 Å². The number of rotatable bonds is 5. The van der Waals surface area contributed by atoms with Crippen LogP contribution in [0.2, 0.25) is 0 Å². The lowest BCUT2D eigenvalue weighted by atomic mass is 9.84. The van der Waals surface area contributed by atoms with E-state index in [9.17, 15) is 0 Å². The molecule has 19 heavy (non-hydrogen) atoms. The van der Waals surface area contributed by atoms with Crippen LogP contribution < -0.4 is 10.1 Å². The molecule has 106 valence electrons. The minimum Gasteiger partial charge on any atom is -0.497 e. The third-order valence-electron chi connectivity index (χ3n) is 4.18. The highest BCUT2D eigenvalue weighted by atomic mass is 16.5. The molecule has 0 radical (unpaired) electrons. The number of hydrogen-bond acceptors (Lipinski definition) is 3. The summed E-state index contributed by atoms with van der Waals surface area (Å²) >= 11 is 0. The Balaban J connectivity index is 1.88. The van der Waals surface area contributed by atoms with Gasteiger partial charge in [-0.2, -0.15) is 0 Å². The van der Waals surface area contributed by atoms with Crippen LogP contribution in [0.3, 0.4) is 0 Å². The molecule has 1 aromatic heterocycles. The van der Waals surface area contributed by atoms with Crippen molar-refractivity contribution >= 4 is 0 Å². The molecule has 2 rings (SSSR count). The summed E-state index contributed by atoms with van der Waals surface area (Å²) in [5.41, 5.74) is 2.08. The molecule has 0 aromatic carbocycles. The molecule has 0 aliphatic heterocycles. The Morgan fingerprint density at radius 2 is 2.05 bits per heavy atom. The van der Waals surface area contributed by atoms with Gasteiger partial charge < -0.3 is 10.1 Å². The molecule has 0 saturated heterocycles. The van der Waals surface area contributed by atoms with Gasteiger partial charge in [0.25, 0.3) is 0 Å². The lowest BCUT2D eigenvalue weighted by Gasteiger charge is -2.28. The third-order valence-corrected chi connectivity index (χ3v) is 4.18. The maximum atomic E-state index is 5.29. The highest BCUT2D eigenvalue weighted by molar-refractivity contribution is 5.26. The fourth-order valence-electron chi connectivity index (χ4n) is 2.98. The molecule has 1 saturated carbocycles. The van der Waals surface area contributed by atoms with E-state index in [1.54, 1.807) is 7.11 Å². The van der Waals surface area contributed by atoms with E-state index in [1.165, 1.54) is 32.1 Å². The zero-order valence-corrected chi connectivity index (χ0v) is 12.4. The van der Waals surface area contributed by atoms with E-state index < -0.39 is 0 Å². The monoisotopic (exact) mass is 262 g/mol. The lowest BCUT2D eigenvalue weighted by Crippen LogP contribution is -2.34. The van der Waals surface area contributed by atoms with E-state index in [-0.39, 0.29) is 0 Å². The average molecular weight is 262 g/mol. The molecule has 1 atom stereocenters. The van der Waals surface area contributed by atoms with Crippen LogP contribution in [0.15, 0.2) is 12.1 Å². The molecule has 0 bridgehead atoms. The number of nitrogens with one attached hydrogen (secondary N) is 1. The topological polar surface area (TPSA) is 34.1 Å². The van der Waals surface area contributed by atoms with Crippen molar-refractivity contribution in [2.24, 2.45) is 5.92 Å². The number of nitrogens with zero attached hydrogens (tertiary/aromatic N) is 1. The Kier molecular flexibility index (Phi) is 5.20. The van der Waals surface area contributed by atoms with Crippen molar-refractivity contribution in [1.82, 2.24) is 10.3 Å². The van der Waals surface area contributed by atoms with Crippen LogP contribution in [-0.4, -0.2) is 18.1 Å². The van der Waals surface area contributed by atoms with E-state index in [0.717, 1.165) is 29.6 Å². The van der Waals surface area contributed by atoms with Gasteiger partial charge in [-0.25, -0.2) is 0 Å². The zero-order valence-electron chi connectivity index (χ0n) is 12.4. The van der Waals surface area contributed by atoms with Crippen LogP contribution in [0.1, 0.15) is 50.4 Å². The van der Waals surface area contributed by atoms with Gasteiger partial charge in [-0.1, -0.05) is 19.3 Å². The Morgan fingerprint density at radius 1 is 1.32 bits per heavy atom. The molecule has 3 nitrogen and oxygen atoms in total. The predicted octanol–water partition coefficient (Wildman–Crippen LogP) is 3.46. The first-order valence-corrected chi connectivity index (χ1v) is 7.44. The Labute approximate surface area is 116 Å². The number of aromatic nitrogens is 1. The average Bonchev–Trinajstić information content (AvgIpc) is 2.45. The summed E-state index contributed by atoms with van der Waals surface area (Å²) in [5.74, 6) is 1.73. The fourth-order valence-corrected chi connectivity index (χ4v) is 2.98. The highest BCUT2D eigenvalue weighted by Gasteiger charge is 2.19. The lowest BCUT2D eigenvalue weighted by molar-refractivity contribution is 0.280. The number of hydrogen-bond donors (Lipinski definition) is 1. The molecule has 0 amide bonds. The minimum absolute atomic E-state index is 0.577. The van der Waals surface area contributed by atoms with Crippen molar-refractivity contribution in [3.05, 3.63) is 23.5 Å². The van der Waals surface area contributed by atoms with E-state index in [0.29, 0.717) is 6.04 Å². The summed E-state index contributed by atoms with van der Waals surface area (Å²) in [6.07, 6.45) is 6.96. The van der Waals surface area contributed by atoms with E-state index in [1.807, 2.05) is 19.1 Å². The highest BCUT2D eigenvalue weighted by Crippen LogP contribution is 2.26. The number of methoxy groups -OCH3 is 1. The first-order valence-electron chi connectivity index (χ1n) is 7.44. The van der Waals surface area contributed by atoms with Crippen LogP contribution in [0.4, 0.5) is 0 Å². The van der Waals surface area contributed by atoms with E-state index in [2.05, 4.69) is 17.2 Å². The van der Waals surface area contributed by atoms with Crippen molar-refractivity contribution < 1.29 is 4.74 Å². The summed E-state index contributed by atoms with van der Waals surface area (Å²) in [4.78, 5) is 4.56. The van der Waals surface area contributed by atoms with Gasteiger partial charge in [0.15, 0.2) is 0 Å². The second-order valence-corrected chi connectivity index (χ2v) is 5.71. The quantitative estimate of drug-likeness (QED) is 0.882. The van der Waals surface area contributed by atoms with Gasteiger partial charge in [0.1, 0.15) is 5.75 Å². The van der Waals surface area contributed by atoms with Gasteiger partial charge in [-0.05, 0) is 32.6 Å². The maximum Gasteiger partial charge on any atom is 0.122 e. The van der Waals surface area contributed by atoms with Crippen molar-refractivity contribution in [3.63, 3.8) is 0 Å². The third kappa shape index (κ3) is 4.20. The van der Waals surface area contributed by atoms with Gasteiger partial charge in [0.05, 0.1) is 12.8 Å². The van der Waals surface area contributed by atoms with Crippen molar-refractivity contribution in [1.29, 1.82) is 0 Å². The predicted molar refractivity (Wildman–Crippen MR) is 78.4 cm³/mol. The summed E-state index contributed by atoms with van der Waals surface area (Å²) in [6, 6.07) is 4.57. The van der Waals surface area contributed by atoms with Crippen molar-refractivity contribution in [2.45, 2.75) is 58.5 Å². The molecule has 0 spiro atoms. The molecule has 3 heteroatoms. The van der Waals surface area contributed by atoms with Crippen LogP contribution in [-0.2, 0) is 6.54 Å². The van der Waals surface area contributed by atoms with Crippen molar-refractivity contribution in [3.8, 4) is 5.75 Å². The molecular weight excluding hydrogens is 236 g/mol. The van der Waals surface area contributed by atoms with Crippen LogP contribution in [0, 0.1) is 12.8 Å². The van der Waals surface area contributed by atoms with Crippen LogP contribution >= 0.6 is 0 Å². The summed E-state index contributed by atoms with van der Waals surface area (Å²) in [6.45, 7) is 5.15. The molecule has 1 aliphatic rings. The second-order valence-electron chi connectivity index (χ2n) is 5.71. The fraction of sp³-hybridized carbons (Fsp3) is 0.688. The summed E-state index contributed by atoms with van der Waals surface area (Å²) in [7, 11) is 1.70. The molecule has 1 N–H and O–H groups in total. The maximum absolute atomic E-state index is 5.29. The Hall–Kier alpha value is -1.09. The molecular formula is C16H26N2O. The zero-order chi connectivity index (χ0) is 13.7. The number of aryl methyl sites for hydroxylation is 1. The Bertz CT molecular complexity index is 400. The van der Waals surface area contributed by atoms with Gasteiger partial charge >= 0.3 is 0 Å². The van der Waals surface area contributed by atoms with Gasteiger partial charge in [0, 0.05) is 30.4 Å². The minimum atomic E-state index is 0.577. The van der Waals surface area contributed by atoms with E-state index >= 15 is 0 Å². The van der Waals surface area contributed by atoms with Crippen LogP contribution in [0.25, 0.3) is 0 Å².